The van der Waals surface area contributed by atoms with E-state index in [1.165, 1.54) is 6.21 Å². The van der Waals surface area contributed by atoms with Crippen LogP contribution >= 0.6 is 0 Å². The predicted octanol–water partition coefficient (Wildman–Crippen LogP) is 4.45. The average Bonchev–Trinajstić information content (AvgIpc) is 2.77. The molecule has 3 aromatic rings. The van der Waals surface area contributed by atoms with Gasteiger partial charge in [-0.05, 0) is 55.3 Å². The molecule has 0 saturated carbocycles. The Labute approximate surface area is 180 Å². The van der Waals surface area contributed by atoms with Gasteiger partial charge in [-0.15, -0.1) is 6.58 Å². The Kier molecular flexibility index (Phi) is 6.96. The average molecular weight is 413 g/mol. The topological polar surface area (TPSA) is 90.8 Å². The summed E-state index contributed by atoms with van der Waals surface area (Å²) in [5.74, 6) is -0.601. The molecule has 3 rings (SSSR count). The van der Waals surface area contributed by atoms with Gasteiger partial charge in [0.2, 0.25) is 0 Å². The molecule has 0 aliphatic carbocycles. The number of benzene rings is 3. The van der Waals surface area contributed by atoms with Crippen LogP contribution in [0.25, 0.3) is 0 Å². The van der Waals surface area contributed by atoms with E-state index in [1.54, 1.807) is 60.7 Å². The van der Waals surface area contributed by atoms with Crippen LogP contribution in [0, 0.1) is 6.92 Å². The first-order valence-corrected chi connectivity index (χ1v) is 9.71. The molecular formula is C25H23N3O3. The molecule has 0 fully saturated rings. The number of carbonyl (C=O) groups excluding carboxylic acids is 2. The van der Waals surface area contributed by atoms with E-state index < -0.39 is 5.91 Å². The molecule has 0 heterocycles. The van der Waals surface area contributed by atoms with E-state index >= 15 is 0 Å². The van der Waals surface area contributed by atoms with Crippen molar-refractivity contribution in [2.75, 3.05) is 5.32 Å². The molecule has 3 N–H and O–H groups in total. The van der Waals surface area contributed by atoms with E-state index in [-0.39, 0.29) is 11.7 Å². The Morgan fingerprint density at radius 1 is 1.00 bits per heavy atom. The number of aromatic hydroxyl groups is 1. The number of phenols is 1. The fourth-order valence-electron chi connectivity index (χ4n) is 2.91. The van der Waals surface area contributed by atoms with Crippen molar-refractivity contribution in [3.63, 3.8) is 0 Å². The van der Waals surface area contributed by atoms with Gasteiger partial charge in [0.25, 0.3) is 11.8 Å². The number of nitrogens with zero attached hydrogens (tertiary/aromatic N) is 1. The van der Waals surface area contributed by atoms with Crippen LogP contribution in [-0.4, -0.2) is 23.1 Å². The van der Waals surface area contributed by atoms with Gasteiger partial charge in [-0.1, -0.05) is 42.0 Å². The number of rotatable bonds is 7. The van der Waals surface area contributed by atoms with Crippen LogP contribution in [0.5, 0.6) is 5.75 Å². The van der Waals surface area contributed by atoms with Crippen molar-refractivity contribution in [2.45, 2.75) is 13.3 Å². The Balaban J connectivity index is 1.65. The zero-order valence-electron chi connectivity index (χ0n) is 17.1. The fourth-order valence-corrected chi connectivity index (χ4v) is 2.91. The monoisotopic (exact) mass is 413 g/mol. The molecule has 0 unspecified atom stereocenters. The Morgan fingerprint density at radius 3 is 2.48 bits per heavy atom. The molecule has 0 radical (unpaired) electrons. The summed E-state index contributed by atoms with van der Waals surface area (Å²) in [6.07, 6.45) is 3.60. The number of nitrogens with one attached hydrogen (secondary N) is 2. The third-order valence-electron chi connectivity index (χ3n) is 4.58. The standard InChI is InChI=1S/C25H23N3O3/c1-3-6-18-7-4-9-21(23(18)29)16-26-28-25(31)20-8-5-10-22(15-20)27-24(30)19-13-11-17(2)12-14-19/h3-5,7-16,29H,1,6H2,2H3,(H,27,30)(H,28,31)/b26-16+. The van der Waals surface area contributed by atoms with Crippen LogP contribution < -0.4 is 10.7 Å². The minimum absolute atomic E-state index is 0.0983. The molecule has 2 amide bonds. The molecule has 0 aliphatic rings. The molecule has 31 heavy (non-hydrogen) atoms. The molecule has 0 bridgehead atoms. The van der Waals surface area contributed by atoms with E-state index in [0.29, 0.717) is 28.8 Å². The number of anilines is 1. The number of hydrogen-bond donors (Lipinski definition) is 3. The molecule has 0 aliphatic heterocycles. The lowest BCUT2D eigenvalue weighted by atomic mass is 10.1. The normalized spacial score (nSPS) is 10.6. The first-order chi connectivity index (χ1) is 15.0. The van der Waals surface area contributed by atoms with E-state index in [9.17, 15) is 14.7 Å². The van der Waals surface area contributed by atoms with Crippen molar-refractivity contribution in [3.8, 4) is 5.75 Å². The van der Waals surface area contributed by atoms with Crippen LogP contribution in [0.2, 0.25) is 0 Å². The summed E-state index contributed by atoms with van der Waals surface area (Å²) in [6.45, 7) is 5.61. The highest BCUT2D eigenvalue weighted by Crippen LogP contribution is 2.21. The van der Waals surface area contributed by atoms with Crippen molar-refractivity contribution in [3.05, 3.63) is 107 Å². The summed E-state index contributed by atoms with van der Waals surface area (Å²) < 4.78 is 0. The summed E-state index contributed by atoms with van der Waals surface area (Å²) in [4.78, 5) is 24.8. The van der Waals surface area contributed by atoms with E-state index in [2.05, 4.69) is 22.4 Å². The van der Waals surface area contributed by atoms with Gasteiger partial charge in [-0.3, -0.25) is 9.59 Å². The third-order valence-corrected chi connectivity index (χ3v) is 4.58. The number of para-hydroxylation sites is 1. The second-order valence-electron chi connectivity index (χ2n) is 6.95. The van der Waals surface area contributed by atoms with Crippen LogP contribution in [-0.2, 0) is 6.42 Å². The lowest BCUT2D eigenvalue weighted by molar-refractivity contribution is 0.0953. The van der Waals surface area contributed by atoms with Gasteiger partial charge < -0.3 is 10.4 Å². The molecule has 6 nitrogen and oxygen atoms in total. The molecule has 0 spiro atoms. The second kappa shape index (κ2) is 10.0. The number of carbonyl (C=O) groups is 2. The minimum Gasteiger partial charge on any atom is -0.507 e. The van der Waals surface area contributed by atoms with E-state index in [0.717, 1.165) is 11.1 Å². The van der Waals surface area contributed by atoms with Crippen LogP contribution in [0.4, 0.5) is 5.69 Å². The van der Waals surface area contributed by atoms with Gasteiger partial charge >= 0.3 is 0 Å². The van der Waals surface area contributed by atoms with Gasteiger partial charge in [0.05, 0.1) is 6.21 Å². The third kappa shape index (κ3) is 5.67. The maximum Gasteiger partial charge on any atom is 0.271 e. The van der Waals surface area contributed by atoms with Crippen molar-refractivity contribution in [1.29, 1.82) is 0 Å². The molecule has 0 atom stereocenters. The van der Waals surface area contributed by atoms with Crippen LogP contribution in [0.15, 0.2) is 84.5 Å². The summed E-state index contributed by atoms with van der Waals surface area (Å²) >= 11 is 0. The SMILES string of the molecule is C=CCc1cccc(/C=N/NC(=O)c2cccc(NC(=O)c3ccc(C)cc3)c2)c1O. The number of hydrazone groups is 1. The minimum atomic E-state index is -0.440. The summed E-state index contributed by atoms with van der Waals surface area (Å²) in [5, 5.41) is 17.0. The fraction of sp³-hybridized carbons (Fsp3) is 0.0800. The molecular weight excluding hydrogens is 390 g/mol. The number of allylic oxidation sites excluding steroid dienone is 1. The highest BCUT2D eigenvalue weighted by Gasteiger charge is 2.09. The first-order valence-electron chi connectivity index (χ1n) is 9.71. The van der Waals surface area contributed by atoms with Gasteiger partial charge in [0.15, 0.2) is 0 Å². The van der Waals surface area contributed by atoms with Crippen LogP contribution in [0.1, 0.15) is 37.4 Å². The second-order valence-corrected chi connectivity index (χ2v) is 6.95. The summed E-state index contributed by atoms with van der Waals surface area (Å²) in [5.41, 5.74) is 6.07. The number of aryl methyl sites for hydroxylation is 1. The number of hydrogen-bond acceptors (Lipinski definition) is 4. The van der Waals surface area contributed by atoms with Crippen molar-refractivity contribution < 1.29 is 14.7 Å². The Hall–Kier alpha value is -4.19. The van der Waals surface area contributed by atoms with Gasteiger partial charge in [-0.25, -0.2) is 5.43 Å². The number of amides is 2. The molecule has 156 valence electrons. The molecule has 0 aromatic heterocycles. The van der Waals surface area contributed by atoms with Crippen molar-refractivity contribution in [1.82, 2.24) is 5.43 Å². The maximum atomic E-state index is 12.4. The maximum absolute atomic E-state index is 12.4. The predicted molar refractivity (Wildman–Crippen MR) is 123 cm³/mol. The Bertz CT molecular complexity index is 1140. The largest absolute Gasteiger partial charge is 0.507 e. The van der Waals surface area contributed by atoms with Gasteiger partial charge in [0, 0.05) is 22.4 Å². The quantitative estimate of drug-likeness (QED) is 0.304. The smallest absolute Gasteiger partial charge is 0.271 e. The lowest BCUT2D eigenvalue weighted by Gasteiger charge is -2.07. The molecule has 3 aromatic carbocycles. The highest BCUT2D eigenvalue weighted by atomic mass is 16.3. The molecule has 0 saturated heterocycles. The van der Waals surface area contributed by atoms with E-state index in [4.69, 9.17) is 0 Å². The Morgan fingerprint density at radius 2 is 1.74 bits per heavy atom. The van der Waals surface area contributed by atoms with Crippen molar-refractivity contribution >= 4 is 23.7 Å². The van der Waals surface area contributed by atoms with Gasteiger partial charge in [0.1, 0.15) is 5.75 Å². The summed E-state index contributed by atoms with van der Waals surface area (Å²) in [6, 6.07) is 19.1. The highest BCUT2D eigenvalue weighted by molar-refractivity contribution is 6.05. The zero-order valence-corrected chi connectivity index (χ0v) is 17.1. The summed E-state index contributed by atoms with van der Waals surface area (Å²) in [7, 11) is 0. The lowest BCUT2D eigenvalue weighted by Crippen LogP contribution is -2.18. The van der Waals surface area contributed by atoms with Crippen molar-refractivity contribution in [2.24, 2.45) is 5.10 Å². The van der Waals surface area contributed by atoms with Crippen LogP contribution in [0.3, 0.4) is 0 Å². The zero-order chi connectivity index (χ0) is 22.2. The first kappa shape index (κ1) is 21.5. The van der Waals surface area contributed by atoms with Gasteiger partial charge in [-0.2, -0.15) is 5.10 Å². The molecule has 6 heteroatoms. The number of phenolic OH excluding ortho intramolecular Hbond substituents is 1. The van der Waals surface area contributed by atoms with E-state index in [1.807, 2.05) is 19.1 Å².